The number of fused-ring (bicyclic) bond motifs is 3. The van der Waals surface area contributed by atoms with Gasteiger partial charge in [0.2, 0.25) is 0 Å². The SMILES string of the molecule is CCOC(=O)CNC=C1c2ccccc2-c2ccccc21. The minimum Gasteiger partial charge on any atom is -0.465 e. The lowest BCUT2D eigenvalue weighted by molar-refractivity contribution is -0.141. The van der Waals surface area contributed by atoms with Gasteiger partial charge in [-0.25, -0.2) is 0 Å². The van der Waals surface area contributed by atoms with Crippen molar-refractivity contribution in [1.29, 1.82) is 0 Å². The Hall–Kier alpha value is -2.55. The average Bonchev–Trinajstić information content (AvgIpc) is 2.83. The summed E-state index contributed by atoms with van der Waals surface area (Å²) in [7, 11) is 0. The molecule has 0 bridgehead atoms. The number of ether oxygens (including phenoxy) is 1. The highest BCUT2D eigenvalue weighted by Gasteiger charge is 2.22. The molecule has 3 heteroatoms. The topological polar surface area (TPSA) is 38.3 Å². The van der Waals surface area contributed by atoms with Gasteiger partial charge < -0.3 is 10.1 Å². The normalized spacial score (nSPS) is 11.6. The first kappa shape index (κ1) is 13.4. The zero-order valence-electron chi connectivity index (χ0n) is 11.9. The minimum atomic E-state index is -0.242. The van der Waals surface area contributed by atoms with Gasteiger partial charge in [0.25, 0.3) is 0 Å². The molecule has 0 heterocycles. The maximum atomic E-state index is 11.4. The van der Waals surface area contributed by atoms with Crippen LogP contribution in [-0.4, -0.2) is 19.1 Å². The van der Waals surface area contributed by atoms with E-state index in [4.69, 9.17) is 4.74 Å². The fraction of sp³-hybridized carbons (Fsp3) is 0.167. The fourth-order valence-corrected chi connectivity index (χ4v) is 2.65. The predicted molar refractivity (Wildman–Crippen MR) is 83.6 cm³/mol. The molecule has 3 rings (SSSR count). The second-order valence-corrected chi connectivity index (χ2v) is 4.84. The Kier molecular flexibility index (Phi) is 3.73. The molecule has 0 amide bonds. The van der Waals surface area contributed by atoms with Crippen LogP contribution in [0.25, 0.3) is 16.7 Å². The van der Waals surface area contributed by atoms with Gasteiger partial charge in [-0.05, 0) is 29.2 Å². The number of hydrogen-bond donors (Lipinski definition) is 1. The maximum Gasteiger partial charge on any atom is 0.325 e. The van der Waals surface area contributed by atoms with Crippen LogP contribution in [-0.2, 0) is 9.53 Å². The minimum absolute atomic E-state index is 0.182. The Morgan fingerprint density at radius 2 is 1.52 bits per heavy atom. The van der Waals surface area contributed by atoms with Crippen molar-refractivity contribution in [3.05, 3.63) is 65.9 Å². The average molecular weight is 279 g/mol. The van der Waals surface area contributed by atoms with Crippen molar-refractivity contribution < 1.29 is 9.53 Å². The first-order chi connectivity index (χ1) is 10.3. The monoisotopic (exact) mass is 279 g/mol. The Bertz CT molecular complexity index is 656. The van der Waals surface area contributed by atoms with Crippen LogP contribution in [0.4, 0.5) is 0 Å². The molecule has 1 aliphatic rings. The summed E-state index contributed by atoms with van der Waals surface area (Å²) in [5.74, 6) is -0.242. The van der Waals surface area contributed by atoms with E-state index < -0.39 is 0 Å². The summed E-state index contributed by atoms with van der Waals surface area (Å²) in [5.41, 5.74) is 5.96. The van der Waals surface area contributed by atoms with Gasteiger partial charge in [-0.3, -0.25) is 4.79 Å². The van der Waals surface area contributed by atoms with Crippen LogP contribution in [0.15, 0.2) is 54.7 Å². The van der Waals surface area contributed by atoms with Crippen molar-refractivity contribution in [2.24, 2.45) is 0 Å². The van der Waals surface area contributed by atoms with Crippen LogP contribution >= 0.6 is 0 Å². The van der Waals surface area contributed by atoms with Gasteiger partial charge >= 0.3 is 5.97 Å². The molecule has 0 fully saturated rings. The molecular formula is C18H17NO2. The first-order valence-corrected chi connectivity index (χ1v) is 7.09. The second kappa shape index (κ2) is 5.83. The Labute approximate surface area is 124 Å². The molecule has 1 N–H and O–H groups in total. The van der Waals surface area contributed by atoms with Gasteiger partial charge in [0.05, 0.1) is 6.61 Å². The van der Waals surface area contributed by atoms with Gasteiger partial charge in [-0.2, -0.15) is 0 Å². The standard InChI is InChI=1S/C18H17NO2/c1-2-21-18(20)12-19-11-17-15-9-5-3-7-13(15)14-8-4-6-10-16(14)17/h3-11,19H,2,12H2,1H3. The molecule has 21 heavy (non-hydrogen) atoms. The van der Waals surface area contributed by atoms with Crippen LogP contribution in [0.3, 0.4) is 0 Å². The number of benzene rings is 2. The fourth-order valence-electron chi connectivity index (χ4n) is 2.65. The highest BCUT2D eigenvalue weighted by atomic mass is 16.5. The summed E-state index contributed by atoms with van der Waals surface area (Å²) in [4.78, 5) is 11.4. The summed E-state index contributed by atoms with van der Waals surface area (Å²) < 4.78 is 4.91. The summed E-state index contributed by atoms with van der Waals surface area (Å²) in [6, 6.07) is 16.6. The quantitative estimate of drug-likeness (QED) is 0.745. The van der Waals surface area contributed by atoms with Crippen LogP contribution in [0, 0.1) is 0 Å². The molecule has 2 aromatic rings. The smallest absolute Gasteiger partial charge is 0.325 e. The molecular weight excluding hydrogens is 262 g/mol. The maximum absolute atomic E-state index is 11.4. The first-order valence-electron chi connectivity index (χ1n) is 7.09. The molecule has 0 radical (unpaired) electrons. The number of carbonyl (C=O) groups excluding carboxylic acids is 1. The van der Waals surface area contributed by atoms with Crippen LogP contribution < -0.4 is 5.32 Å². The molecule has 0 saturated heterocycles. The third-order valence-corrected chi connectivity index (χ3v) is 3.52. The van der Waals surface area contributed by atoms with E-state index in [2.05, 4.69) is 29.6 Å². The van der Waals surface area contributed by atoms with Gasteiger partial charge in [0, 0.05) is 11.8 Å². The molecule has 0 aliphatic heterocycles. The number of hydrogen-bond acceptors (Lipinski definition) is 3. The van der Waals surface area contributed by atoms with Gasteiger partial charge in [0.15, 0.2) is 0 Å². The zero-order valence-corrected chi connectivity index (χ0v) is 11.9. The number of nitrogens with one attached hydrogen (secondary N) is 1. The summed E-state index contributed by atoms with van der Waals surface area (Å²) in [5, 5.41) is 3.06. The van der Waals surface area contributed by atoms with Crippen molar-refractivity contribution >= 4 is 11.5 Å². The van der Waals surface area contributed by atoms with Gasteiger partial charge in [-0.15, -0.1) is 0 Å². The molecule has 0 atom stereocenters. The predicted octanol–water partition coefficient (Wildman–Crippen LogP) is 3.21. The van der Waals surface area contributed by atoms with Crippen molar-refractivity contribution in [3.8, 4) is 11.1 Å². The number of rotatable bonds is 4. The summed E-state index contributed by atoms with van der Waals surface area (Å²) in [6.07, 6.45) is 1.90. The molecule has 0 spiro atoms. The van der Waals surface area contributed by atoms with Crippen molar-refractivity contribution in [3.63, 3.8) is 0 Å². The van der Waals surface area contributed by atoms with E-state index in [0.717, 1.165) is 5.57 Å². The lowest BCUT2D eigenvalue weighted by Crippen LogP contribution is -2.20. The molecule has 0 aromatic heterocycles. The highest BCUT2D eigenvalue weighted by molar-refractivity contribution is 6.01. The van der Waals surface area contributed by atoms with Crippen LogP contribution in [0.5, 0.6) is 0 Å². The summed E-state index contributed by atoms with van der Waals surface area (Å²) >= 11 is 0. The highest BCUT2D eigenvalue weighted by Crippen LogP contribution is 2.43. The lowest BCUT2D eigenvalue weighted by atomic mass is 10.1. The Morgan fingerprint density at radius 3 is 2.05 bits per heavy atom. The third-order valence-electron chi connectivity index (χ3n) is 3.52. The van der Waals surface area contributed by atoms with E-state index in [1.807, 2.05) is 30.5 Å². The zero-order chi connectivity index (χ0) is 14.7. The van der Waals surface area contributed by atoms with Crippen LogP contribution in [0.1, 0.15) is 18.1 Å². The van der Waals surface area contributed by atoms with Crippen molar-refractivity contribution in [1.82, 2.24) is 5.32 Å². The Balaban J connectivity index is 1.90. The number of esters is 1. The van der Waals surface area contributed by atoms with E-state index in [9.17, 15) is 4.79 Å². The molecule has 0 saturated carbocycles. The van der Waals surface area contributed by atoms with E-state index in [1.165, 1.54) is 22.3 Å². The molecule has 106 valence electrons. The molecule has 3 nitrogen and oxygen atoms in total. The third kappa shape index (κ3) is 2.55. The summed E-state index contributed by atoms with van der Waals surface area (Å²) in [6.45, 7) is 2.39. The van der Waals surface area contributed by atoms with E-state index >= 15 is 0 Å². The molecule has 0 unspecified atom stereocenters. The Morgan fingerprint density at radius 1 is 1.00 bits per heavy atom. The largest absolute Gasteiger partial charge is 0.465 e. The number of carbonyl (C=O) groups is 1. The van der Waals surface area contributed by atoms with Gasteiger partial charge in [-0.1, -0.05) is 48.5 Å². The van der Waals surface area contributed by atoms with E-state index in [0.29, 0.717) is 6.61 Å². The molecule has 2 aromatic carbocycles. The van der Waals surface area contributed by atoms with Crippen molar-refractivity contribution in [2.45, 2.75) is 6.92 Å². The van der Waals surface area contributed by atoms with E-state index in [-0.39, 0.29) is 12.5 Å². The lowest BCUT2D eigenvalue weighted by Gasteiger charge is -2.05. The van der Waals surface area contributed by atoms with Gasteiger partial charge in [0.1, 0.15) is 6.54 Å². The van der Waals surface area contributed by atoms with E-state index in [1.54, 1.807) is 6.92 Å². The van der Waals surface area contributed by atoms with Crippen LogP contribution in [0.2, 0.25) is 0 Å². The second-order valence-electron chi connectivity index (χ2n) is 4.84. The molecule has 1 aliphatic carbocycles. The van der Waals surface area contributed by atoms with Crippen molar-refractivity contribution in [2.75, 3.05) is 13.2 Å².